The molecule has 130 valence electrons. The zero-order valence-electron chi connectivity index (χ0n) is 14.6. The molecule has 0 amide bonds. The molecule has 3 aromatic heterocycles. The summed E-state index contributed by atoms with van der Waals surface area (Å²) < 4.78 is 7.73. The van der Waals surface area contributed by atoms with Crippen LogP contribution in [-0.2, 0) is 0 Å². The van der Waals surface area contributed by atoms with E-state index in [0.717, 1.165) is 30.2 Å². The highest BCUT2D eigenvalue weighted by Gasteiger charge is 2.36. The third-order valence-electron chi connectivity index (χ3n) is 5.70. The Hall–Kier alpha value is -2.21. The molecule has 0 radical (unpaired) electrons. The number of aryl methyl sites for hydroxylation is 1. The standard InChI is InChI=1S/C19H23N5O/c1-13-8-9-17-20-11-16(24(17)12-13)18-21-19(25-22-18)15-7-4-10-23(15)14-5-2-3-6-14/h8-9,11-12,14-15H,2-7,10H2,1H3/t15-/m0/s1. The molecule has 1 atom stereocenters. The van der Waals surface area contributed by atoms with Crippen LogP contribution in [0.5, 0.6) is 0 Å². The molecule has 1 aliphatic heterocycles. The number of aromatic nitrogens is 4. The van der Waals surface area contributed by atoms with Crippen LogP contribution in [0.1, 0.15) is 56.0 Å². The van der Waals surface area contributed by atoms with Crippen molar-refractivity contribution in [2.75, 3.05) is 6.54 Å². The summed E-state index contributed by atoms with van der Waals surface area (Å²) in [7, 11) is 0. The molecule has 0 N–H and O–H groups in total. The lowest BCUT2D eigenvalue weighted by Gasteiger charge is -2.28. The van der Waals surface area contributed by atoms with Gasteiger partial charge in [-0.25, -0.2) is 4.98 Å². The van der Waals surface area contributed by atoms with Gasteiger partial charge in [0.2, 0.25) is 11.7 Å². The van der Waals surface area contributed by atoms with Crippen molar-refractivity contribution in [1.82, 2.24) is 24.4 Å². The van der Waals surface area contributed by atoms with Gasteiger partial charge in [-0.15, -0.1) is 0 Å². The second kappa shape index (κ2) is 5.95. The van der Waals surface area contributed by atoms with E-state index < -0.39 is 0 Å². The van der Waals surface area contributed by atoms with E-state index in [1.54, 1.807) is 0 Å². The maximum atomic E-state index is 5.70. The molecule has 5 rings (SSSR count). The first-order valence-corrected chi connectivity index (χ1v) is 9.33. The lowest BCUT2D eigenvalue weighted by atomic mass is 10.1. The second-order valence-corrected chi connectivity index (χ2v) is 7.37. The van der Waals surface area contributed by atoms with Crippen molar-refractivity contribution in [2.45, 2.75) is 57.5 Å². The predicted molar refractivity (Wildman–Crippen MR) is 94.2 cm³/mol. The molecule has 1 aliphatic carbocycles. The van der Waals surface area contributed by atoms with Gasteiger partial charge < -0.3 is 4.52 Å². The van der Waals surface area contributed by atoms with Crippen LogP contribution in [-0.4, -0.2) is 37.0 Å². The summed E-state index contributed by atoms with van der Waals surface area (Å²) in [4.78, 5) is 11.8. The van der Waals surface area contributed by atoms with E-state index >= 15 is 0 Å². The van der Waals surface area contributed by atoms with Crippen molar-refractivity contribution in [2.24, 2.45) is 0 Å². The van der Waals surface area contributed by atoms with E-state index in [2.05, 4.69) is 34.2 Å². The number of nitrogens with zero attached hydrogens (tertiary/aromatic N) is 5. The Morgan fingerprint density at radius 3 is 2.88 bits per heavy atom. The summed E-state index contributed by atoms with van der Waals surface area (Å²) in [5.41, 5.74) is 2.97. The van der Waals surface area contributed by atoms with Crippen LogP contribution in [0.3, 0.4) is 0 Å². The lowest BCUT2D eigenvalue weighted by Crippen LogP contribution is -2.32. The Morgan fingerprint density at radius 2 is 2.00 bits per heavy atom. The molecule has 4 heterocycles. The minimum absolute atomic E-state index is 0.283. The van der Waals surface area contributed by atoms with E-state index in [-0.39, 0.29) is 6.04 Å². The highest BCUT2D eigenvalue weighted by Crippen LogP contribution is 2.38. The fraction of sp³-hybridized carbons (Fsp3) is 0.526. The molecule has 2 fully saturated rings. The van der Waals surface area contributed by atoms with Gasteiger partial charge in [-0.1, -0.05) is 24.1 Å². The largest absolute Gasteiger partial charge is 0.337 e. The Kier molecular flexibility index (Phi) is 3.59. The zero-order chi connectivity index (χ0) is 16.8. The minimum Gasteiger partial charge on any atom is -0.337 e. The van der Waals surface area contributed by atoms with Gasteiger partial charge in [-0.2, -0.15) is 4.98 Å². The molecule has 25 heavy (non-hydrogen) atoms. The summed E-state index contributed by atoms with van der Waals surface area (Å²) in [5, 5.41) is 4.27. The number of hydrogen-bond donors (Lipinski definition) is 0. The first kappa shape index (κ1) is 15.1. The smallest absolute Gasteiger partial charge is 0.244 e. The van der Waals surface area contributed by atoms with Gasteiger partial charge in [-0.05, 0) is 50.8 Å². The van der Waals surface area contributed by atoms with E-state index in [1.807, 2.05) is 16.7 Å². The molecular weight excluding hydrogens is 314 g/mol. The number of hydrogen-bond acceptors (Lipinski definition) is 5. The highest BCUT2D eigenvalue weighted by atomic mass is 16.5. The average molecular weight is 337 g/mol. The maximum Gasteiger partial charge on any atom is 0.244 e. The van der Waals surface area contributed by atoms with Crippen LogP contribution in [0.4, 0.5) is 0 Å². The molecule has 0 aromatic carbocycles. The van der Waals surface area contributed by atoms with Crippen molar-refractivity contribution in [3.8, 4) is 11.5 Å². The summed E-state index contributed by atoms with van der Waals surface area (Å²) in [6.45, 7) is 3.23. The van der Waals surface area contributed by atoms with Gasteiger partial charge in [0.25, 0.3) is 0 Å². The van der Waals surface area contributed by atoms with Gasteiger partial charge in [0.05, 0.1) is 12.2 Å². The Balaban J connectivity index is 1.47. The molecule has 6 nitrogen and oxygen atoms in total. The van der Waals surface area contributed by atoms with Gasteiger partial charge in [-0.3, -0.25) is 9.30 Å². The summed E-state index contributed by atoms with van der Waals surface area (Å²) in [6, 6.07) is 5.05. The van der Waals surface area contributed by atoms with Crippen LogP contribution in [0, 0.1) is 6.92 Å². The SMILES string of the molecule is Cc1ccc2ncc(-c3noc([C@@H]4CCCN4C4CCCC4)n3)n2c1. The van der Waals surface area contributed by atoms with Crippen LogP contribution >= 0.6 is 0 Å². The minimum atomic E-state index is 0.283. The molecule has 6 heteroatoms. The fourth-order valence-electron chi connectivity index (χ4n) is 4.45. The van der Waals surface area contributed by atoms with Gasteiger partial charge in [0.15, 0.2) is 0 Å². The predicted octanol–water partition coefficient (Wildman–Crippen LogP) is 3.77. The second-order valence-electron chi connectivity index (χ2n) is 7.37. The molecule has 3 aromatic rings. The van der Waals surface area contributed by atoms with Crippen molar-refractivity contribution >= 4 is 5.65 Å². The molecule has 0 unspecified atom stereocenters. The monoisotopic (exact) mass is 337 g/mol. The number of rotatable bonds is 3. The molecule has 2 aliphatic rings. The topological polar surface area (TPSA) is 59.5 Å². The molecule has 1 saturated heterocycles. The molecular formula is C19H23N5O. The van der Waals surface area contributed by atoms with Gasteiger partial charge in [0.1, 0.15) is 11.3 Å². The quantitative estimate of drug-likeness (QED) is 0.728. The lowest BCUT2D eigenvalue weighted by molar-refractivity contribution is 0.153. The number of fused-ring (bicyclic) bond motifs is 1. The van der Waals surface area contributed by atoms with Crippen molar-refractivity contribution in [3.05, 3.63) is 36.0 Å². The maximum absolute atomic E-state index is 5.70. The van der Waals surface area contributed by atoms with Crippen molar-refractivity contribution < 1.29 is 4.52 Å². The van der Waals surface area contributed by atoms with Gasteiger partial charge in [0, 0.05) is 12.2 Å². The zero-order valence-corrected chi connectivity index (χ0v) is 14.6. The Morgan fingerprint density at radius 1 is 1.12 bits per heavy atom. The summed E-state index contributed by atoms with van der Waals surface area (Å²) in [5.74, 6) is 1.40. The normalized spacial score (nSPS) is 22.4. The Bertz CT molecular complexity index is 892. The molecule has 0 spiro atoms. The van der Waals surface area contributed by atoms with Crippen molar-refractivity contribution in [3.63, 3.8) is 0 Å². The van der Waals surface area contributed by atoms with E-state index in [4.69, 9.17) is 9.51 Å². The number of imidazole rings is 1. The fourth-order valence-corrected chi connectivity index (χ4v) is 4.45. The van der Waals surface area contributed by atoms with E-state index in [1.165, 1.54) is 37.7 Å². The van der Waals surface area contributed by atoms with Crippen LogP contribution in [0.15, 0.2) is 29.0 Å². The third-order valence-corrected chi connectivity index (χ3v) is 5.70. The van der Waals surface area contributed by atoms with Crippen LogP contribution in [0.2, 0.25) is 0 Å². The Labute approximate surface area is 146 Å². The van der Waals surface area contributed by atoms with Crippen LogP contribution in [0.25, 0.3) is 17.2 Å². The first-order chi connectivity index (χ1) is 12.3. The van der Waals surface area contributed by atoms with Crippen molar-refractivity contribution in [1.29, 1.82) is 0 Å². The highest BCUT2D eigenvalue weighted by molar-refractivity contribution is 5.56. The number of likely N-dealkylation sites (tertiary alicyclic amines) is 1. The summed E-state index contributed by atoms with van der Waals surface area (Å²) in [6.07, 6.45) is 11.5. The first-order valence-electron chi connectivity index (χ1n) is 9.33. The van der Waals surface area contributed by atoms with Gasteiger partial charge >= 0.3 is 0 Å². The molecule has 1 saturated carbocycles. The number of pyridine rings is 1. The third kappa shape index (κ3) is 2.56. The summed E-state index contributed by atoms with van der Waals surface area (Å²) >= 11 is 0. The van der Waals surface area contributed by atoms with E-state index in [0.29, 0.717) is 11.9 Å². The van der Waals surface area contributed by atoms with Crippen LogP contribution < -0.4 is 0 Å². The van der Waals surface area contributed by atoms with E-state index in [9.17, 15) is 0 Å². The average Bonchev–Trinajstić information content (AvgIpc) is 3.37. The molecule has 0 bridgehead atoms.